The first-order valence-electron chi connectivity index (χ1n) is 5.06. The summed E-state index contributed by atoms with van der Waals surface area (Å²) in [5.74, 6) is 2.58. The average Bonchev–Trinajstić information content (AvgIpc) is 2.19. The van der Waals surface area contributed by atoms with Crippen LogP contribution >= 0.6 is 0 Å². The predicted octanol–water partition coefficient (Wildman–Crippen LogP) is 2.50. The van der Waals surface area contributed by atoms with Crippen molar-refractivity contribution >= 4 is 6.16 Å². The molecule has 1 fully saturated rings. The maximum Gasteiger partial charge on any atom is 0.509 e. The molecule has 0 radical (unpaired) electrons. The number of ether oxygens (including phenoxy) is 2. The molecule has 0 aliphatic heterocycles. The van der Waals surface area contributed by atoms with Crippen LogP contribution < -0.4 is 0 Å². The molecule has 0 spiro atoms. The van der Waals surface area contributed by atoms with Crippen LogP contribution in [-0.4, -0.2) is 18.4 Å². The molecule has 0 amide bonds. The maximum atomic E-state index is 11.1. The first kappa shape index (κ1) is 10.9. The Morgan fingerprint density at radius 1 is 1.43 bits per heavy atom. The van der Waals surface area contributed by atoms with E-state index < -0.39 is 11.8 Å². The van der Waals surface area contributed by atoms with E-state index in [4.69, 9.17) is 15.9 Å². The highest BCUT2D eigenvalue weighted by Crippen LogP contribution is 2.31. The molecule has 0 aromatic heterocycles. The Balaban J connectivity index is 2.52. The van der Waals surface area contributed by atoms with E-state index in [0.29, 0.717) is 6.61 Å². The monoisotopic (exact) mass is 196 g/mol. The molecule has 0 unspecified atom stereocenters. The van der Waals surface area contributed by atoms with Crippen LogP contribution in [0.2, 0.25) is 0 Å². The van der Waals surface area contributed by atoms with Gasteiger partial charge in [-0.05, 0) is 32.6 Å². The molecule has 1 rings (SSSR count). The van der Waals surface area contributed by atoms with E-state index in [-0.39, 0.29) is 0 Å². The molecule has 0 aromatic rings. The molecule has 0 N–H and O–H groups in total. The van der Waals surface area contributed by atoms with E-state index in [0.717, 1.165) is 32.1 Å². The summed E-state index contributed by atoms with van der Waals surface area (Å²) >= 11 is 0. The summed E-state index contributed by atoms with van der Waals surface area (Å²) in [5.41, 5.74) is -0.704. The molecule has 0 saturated heterocycles. The van der Waals surface area contributed by atoms with Crippen LogP contribution in [0, 0.1) is 12.3 Å². The van der Waals surface area contributed by atoms with Gasteiger partial charge in [0, 0.05) is 0 Å². The van der Waals surface area contributed by atoms with E-state index in [1.807, 2.05) is 0 Å². The van der Waals surface area contributed by atoms with E-state index in [1.54, 1.807) is 6.92 Å². The second kappa shape index (κ2) is 4.90. The minimum Gasteiger partial charge on any atom is -0.435 e. The quantitative estimate of drug-likeness (QED) is 0.503. The summed E-state index contributed by atoms with van der Waals surface area (Å²) in [6, 6.07) is 0. The van der Waals surface area contributed by atoms with E-state index in [2.05, 4.69) is 5.92 Å². The van der Waals surface area contributed by atoms with Crippen LogP contribution in [0.5, 0.6) is 0 Å². The lowest BCUT2D eigenvalue weighted by Gasteiger charge is -2.31. The zero-order valence-electron chi connectivity index (χ0n) is 8.54. The lowest BCUT2D eigenvalue weighted by Crippen LogP contribution is -2.35. The highest BCUT2D eigenvalue weighted by molar-refractivity contribution is 5.61. The number of rotatable bonds is 2. The van der Waals surface area contributed by atoms with Crippen molar-refractivity contribution in [2.75, 3.05) is 6.61 Å². The van der Waals surface area contributed by atoms with E-state index in [1.165, 1.54) is 0 Å². The molecule has 0 heterocycles. The molecule has 78 valence electrons. The Hall–Kier alpha value is -1.17. The van der Waals surface area contributed by atoms with Gasteiger partial charge in [0.05, 0.1) is 6.61 Å². The molecule has 14 heavy (non-hydrogen) atoms. The van der Waals surface area contributed by atoms with Crippen molar-refractivity contribution in [1.82, 2.24) is 0 Å². The molecular weight excluding hydrogens is 180 g/mol. The van der Waals surface area contributed by atoms with Gasteiger partial charge >= 0.3 is 6.16 Å². The third-order valence-corrected chi connectivity index (χ3v) is 2.47. The van der Waals surface area contributed by atoms with Gasteiger partial charge in [0.2, 0.25) is 0 Å². The highest BCUT2D eigenvalue weighted by Gasteiger charge is 2.34. The zero-order valence-corrected chi connectivity index (χ0v) is 8.54. The van der Waals surface area contributed by atoms with Crippen molar-refractivity contribution in [3.8, 4) is 12.3 Å². The van der Waals surface area contributed by atoms with Gasteiger partial charge in [0.1, 0.15) is 0 Å². The van der Waals surface area contributed by atoms with Gasteiger partial charge in [-0.15, -0.1) is 6.42 Å². The molecule has 3 heteroatoms. The summed E-state index contributed by atoms with van der Waals surface area (Å²) in [5, 5.41) is 0. The van der Waals surface area contributed by atoms with Gasteiger partial charge < -0.3 is 9.47 Å². The standard InChI is InChI=1S/C11H16O3/c1-3-11(8-6-5-7-9-11)14-10(12)13-4-2/h1H,4-9H2,2H3. The largest absolute Gasteiger partial charge is 0.509 e. The highest BCUT2D eigenvalue weighted by atomic mass is 16.7. The van der Waals surface area contributed by atoms with Gasteiger partial charge in [0.25, 0.3) is 0 Å². The fourth-order valence-corrected chi connectivity index (χ4v) is 1.71. The first-order valence-corrected chi connectivity index (χ1v) is 5.06. The van der Waals surface area contributed by atoms with Crippen LogP contribution in [0.3, 0.4) is 0 Å². The van der Waals surface area contributed by atoms with Gasteiger partial charge in [-0.2, -0.15) is 0 Å². The summed E-state index contributed by atoms with van der Waals surface area (Å²) in [4.78, 5) is 11.1. The molecule has 0 atom stereocenters. The van der Waals surface area contributed by atoms with E-state index in [9.17, 15) is 4.79 Å². The summed E-state index contributed by atoms with van der Waals surface area (Å²) in [6.45, 7) is 2.06. The second-order valence-electron chi connectivity index (χ2n) is 3.48. The Morgan fingerprint density at radius 3 is 2.57 bits per heavy atom. The summed E-state index contributed by atoms with van der Waals surface area (Å²) < 4.78 is 9.89. The molecule has 1 saturated carbocycles. The predicted molar refractivity (Wildman–Crippen MR) is 52.8 cm³/mol. The first-order chi connectivity index (χ1) is 6.72. The van der Waals surface area contributed by atoms with Gasteiger partial charge in [-0.3, -0.25) is 0 Å². The summed E-state index contributed by atoms with van der Waals surface area (Å²) in [7, 11) is 0. The van der Waals surface area contributed by atoms with Crippen molar-refractivity contribution < 1.29 is 14.3 Å². The fourth-order valence-electron chi connectivity index (χ4n) is 1.71. The van der Waals surface area contributed by atoms with Crippen LogP contribution in [-0.2, 0) is 9.47 Å². The Morgan fingerprint density at radius 2 is 2.07 bits per heavy atom. The van der Waals surface area contributed by atoms with Gasteiger partial charge in [-0.1, -0.05) is 12.3 Å². The number of terminal acetylenes is 1. The third kappa shape index (κ3) is 2.66. The lowest BCUT2D eigenvalue weighted by molar-refractivity contribution is -0.0203. The molecule has 0 aromatic carbocycles. The van der Waals surface area contributed by atoms with Crippen LogP contribution in [0.4, 0.5) is 4.79 Å². The number of hydrogen-bond donors (Lipinski definition) is 0. The molecule has 1 aliphatic carbocycles. The SMILES string of the molecule is C#CC1(OC(=O)OCC)CCCCC1. The Kier molecular flexibility index (Phi) is 3.82. The zero-order chi connectivity index (χ0) is 10.4. The Bertz CT molecular complexity index is 233. The molecule has 0 bridgehead atoms. The number of hydrogen-bond acceptors (Lipinski definition) is 3. The lowest BCUT2D eigenvalue weighted by atomic mass is 9.85. The van der Waals surface area contributed by atoms with Crippen LogP contribution in [0.25, 0.3) is 0 Å². The molecule has 3 nitrogen and oxygen atoms in total. The van der Waals surface area contributed by atoms with E-state index >= 15 is 0 Å². The molecule has 1 aliphatic rings. The second-order valence-corrected chi connectivity index (χ2v) is 3.48. The average molecular weight is 196 g/mol. The summed E-state index contributed by atoms with van der Waals surface area (Å²) in [6.07, 6.45) is 9.46. The fraction of sp³-hybridized carbons (Fsp3) is 0.727. The normalized spacial score (nSPS) is 19.4. The number of carbonyl (C=O) groups is 1. The van der Waals surface area contributed by atoms with Gasteiger partial charge in [-0.25, -0.2) is 4.79 Å². The minimum absolute atomic E-state index is 0.319. The third-order valence-electron chi connectivity index (χ3n) is 2.47. The van der Waals surface area contributed by atoms with Crippen LogP contribution in [0.1, 0.15) is 39.0 Å². The Labute approximate surface area is 84.8 Å². The van der Waals surface area contributed by atoms with Crippen molar-refractivity contribution in [2.24, 2.45) is 0 Å². The number of carbonyl (C=O) groups excluding carboxylic acids is 1. The maximum absolute atomic E-state index is 11.1. The van der Waals surface area contributed by atoms with Crippen molar-refractivity contribution in [2.45, 2.75) is 44.6 Å². The van der Waals surface area contributed by atoms with Crippen molar-refractivity contribution in [1.29, 1.82) is 0 Å². The van der Waals surface area contributed by atoms with Gasteiger partial charge in [0.15, 0.2) is 5.60 Å². The van der Waals surface area contributed by atoms with Crippen LogP contribution in [0.15, 0.2) is 0 Å². The smallest absolute Gasteiger partial charge is 0.435 e. The van der Waals surface area contributed by atoms with Crippen molar-refractivity contribution in [3.63, 3.8) is 0 Å². The van der Waals surface area contributed by atoms with Crippen molar-refractivity contribution in [3.05, 3.63) is 0 Å². The molecular formula is C11H16O3. The minimum atomic E-state index is -0.704. The topological polar surface area (TPSA) is 35.5 Å².